The van der Waals surface area contributed by atoms with Crippen LogP contribution in [0, 0.1) is 10.1 Å². The second kappa shape index (κ2) is 6.54. The summed E-state index contributed by atoms with van der Waals surface area (Å²) in [5, 5.41) is 14.1. The van der Waals surface area contributed by atoms with Gasteiger partial charge in [-0.3, -0.25) is 19.8 Å². The Balaban J connectivity index is 1.73. The molecule has 0 radical (unpaired) electrons. The number of ether oxygens (including phenoxy) is 1. The second-order valence-corrected chi connectivity index (χ2v) is 6.11. The maximum atomic E-state index is 12.5. The minimum absolute atomic E-state index is 0.129. The van der Waals surface area contributed by atoms with Crippen LogP contribution in [0.25, 0.3) is 0 Å². The monoisotopic (exact) mass is 319 g/mol. The van der Waals surface area contributed by atoms with Crippen molar-refractivity contribution in [2.45, 2.75) is 37.8 Å². The normalized spacial score (nSPS) is 24.0. The SMILES string of the molecule is COc1ccc(C(=O)N[C@@H]2CCN3CCCC[C@@H]23)cc1[N+](=O)[O-]. The molecule has 3 rings (SSSR count). The molecule has 2 heterocycles. The van der Waals surface area contributed by atoms with Crippen molar-refractivity contribution in [1.82, 2.24) is 10.2 Å². The molecule has 0 saturated carbocycles. The number of hydrogen-bond acceptors (Lipinski definition) is 5. The molecule has 1 aromatic rings. The summed E-state index contributed by atoms with van der Waals surface area (Å²) in [6.07, 6.45) is 4.46. The van der Waals surface area contributed by atoms with E-state index < -0.39 is 4.92 Å². The average molecular weight is 319 g/mol. The molecule has 0 aliphatic carbocycles. The number of methoxy groups -OCH3 is 1. The van der Waals surface area contributed by atoms with Crippen molar-refractivity contribution in [2.75, 3.05) is 20.2 Å². The van der Waals surface area contributed by atoms with Gasteiger partial charge in [0.15, 0.2) is 5.75 Å². The van der Waals surface area contributed by atoms with Crippen LogP contribution in [-0.4, -0.2) is 48.0 Å². The Bertz CT molecular complexity index is 619. The number of nitro groups is 1. The average Bonchev–Trinajstić information content (AvgIpc) is 2.97. The Labute approximate surface area is 134 Å². The van der Waals surface area contributed by atoms with Crippen molar-refractivity contribution in [2.24, 2.45) is 0 Å². The number of benzene rings is 1. The van der Waals surface area contributed by atoms with Gasteiger partial charge in [-0.1, -0.05) is 6.42 Å². The molecular weight excluding hydrogens is 298 g/mol. The summed E-state index contributed by atoms with van der Waals surface area (Å²) in [5.74, 6) is -0.0981. The Morgan fingerprint density at radius 3 is 2.91 bits per heavy atom. The number of rotatable bonds is 4. The molecule has 2 fully saturated rings. The first kappa shape index (κ1) is 15.7. The highest BCUT2D eigenvalue weighted by atomic mass is 16.6. The molecular formula is C16H21N3O4. The molecule has 23 heavy (non-hydrogen) atoms. The summed E-state index contributed by atoms with van der Waals surface area (Å²) < 4.78 is 4.97. The van der Waals surface area contributed by atoms with Crippen LogP contribution in [0.2, 0.25) is 0 Å². The number of nitrogens with zero attached hydrogens (tertiary/aromatic N) is 2. The minimum Gasteiger partial charge on any atom is -0.490 e. The number of amides is 1. The van der Waals surface area contributed by atoms with E-state index in [1.165, 1.54) is 32.1 Å². The smallest absolute Gasteiger partial charge is 0.311 e. The molecule has 124 valence electrons. The predicted octanol–water partition coefficient (Wildman–Crippen LogP) is 1.96. The van der Waals surface area contributed by atoms with Crippen LogP contribution in [0.15, 0.2) is 18.2 Å². The Kier molecular flexibility index (Phi) is 4.47. The number of nitro benzene ring substituents is 1. The van der Waals surface area contributed by atoms with Crippen molar-refractivity contribution >= 4 is 11.6 Å². The van der Waals surface area contributed by atoms with Crippen molar-refractivity contribution in [3.05, 3.63) is 33.9 Å². The minimum atomic E-state index is -0.534. The highest BCUT2D eigenvalue weighted by molar-refractivity contribution is 5.95. The van der Waals surface area contributed by atoms with Gasteiger partial charge in [-0.15, -0.1) is 0 Å². The third-order valence-electron chi connectivity index (χ3n) is 4.81. The number of carbonyl (C=O) groups excluding carboxylic acids is 1. The van der Waals surface area contributed by atoms with Crippen LogP contribution < -0.4 is 10.1 Å². The molecule has 2 saturated heterocycles. The lowest BCUT2D eigenvalue weighted by Gasteiger charge is -2.32. The summed E-state index contributed by atoms with van der Waals surface area (Å²) in [4.78, 5) is 25.4. The molecule has 0 spiro atoms. The van der Waals surface area contributed by atoms with Gasteiger partial charge >= 0.3 is 5.69 Å². The first-order chi connectivity index (χ1) is 11.1. The first-order valence-corrected chi connectivity index (χ1v) is 7.97. The lowest BCUT2D eigenvalue weighted by Crippen LogP contribution is -2.46. The van der Waals surface area contributed by atoms with Gasteiger partial charge in [0.05, 0.1) is 12.0 Å². The van der Waals surface area contributed by atoms with Gasteiger partial charge in [0.1, 0.15) is 0 Å². The molecule has 1 aromatic carbocycles. The van der Waals surface area contributed by atoms with Crippen LogP contribution in [-0.2, 0) is 0 Å². The third-order valence-corrected chi connectivity index (χ3v) is 4.81. The zero-order chi connectivity index (χ0) is 16.4. The molecule has 0 aromatic heterocycles. The molecule has 0 bridgehead atoms. The predicted molar refractivity (Wildman–Crippen MR) is 84.7 cm³/mol. The molecule has 0 unspecified atom stereocenters. The van der Waals surface area contributed by atoms with Crippen LogP contribution in [0.1, 0.15) is 36.0 Å². The van der Waals surface area contributed by atoms with Crippen molar-refractivity contribution in [3.63, 3.8) is 0 Å². The fourth-order valence-corrected chi connectivity index (χ4v) is 3.64. The number of carbonyl (C=O) groups is 1. The second-order valence-electron chi connectivity index (χ2n) is 6.11. The molecule has 2 aliphatic rings. The molecule has 1 amide bonds. The van der Waals surface area contributed by atoms with Crippen LogP contribution >= 0.6 is 0 Å². The zero-order valence-corrected chi connectivity index (χ0v) is 13.2. The van der Waals surface area contributed by atoms with Gasteiger partial charge in [-0.2, -0.15) is 0 Å². The molecule has 2 aliphatic heterocycles. The maximum absolute atomic E-state index is 12.5. The van der Waals surface area contributed by atoms with Crippen LogP contribution in [0.4, 0.5) is 5.69 Å². The fraction of sp³-hybridized carbons (Fsp3) is 0.562. The summed E-state index contributed by atoms with van der Waals surface area (Å²) in [5.41, 5.74) is 0.109. The summed E-state index contributed by atoms with van der Waals surface area (Å²) in [7, 11) is 1.37. The molecule has 2 atom stereocenters. The topological polar surface area (TPSA) is 84.7 Å². The van der Waals surface area contributed by atoms with Gasteiger partial charge < -0.3 is 10.1 Å². The van der Waals surface area contributed by atoms with E-state index in [1.54, 1.807) is 6.07 Å². The third kappa shape index (κ3) is 3.14. The fourth-order valence-electron chi connectivity index (χ4n) is 3.64. The lowest BCUT2D eigenvalue weighted by atomic mass is 9.98. The maximum Gasteiger partial charge on any atom is 0.311 e. The first-order valence-electron chi connectivity index (χ1n) is 7.97. The Hall–Kier alpha value is -2.15. The van der Waals surface area contributed by atoms with E-state index in [2.05, 4.69) is 10.2 Å². The quantitative estimate of drug-likeness (QED) is 0.677. The number of nitrogens with one attached hydrogen (secondary N) is 1. The summed E-state index contributed by atoms with van der Waals surface area (Å²) in [6.45, 7) is 2.11. The van der Waals surface area contributed by atoms with Crippen molar-refractivity contribution < 1.29 is 14.5 Å². The van der Waals surface area contributed by atoms with Gasteiger partial charge in [0, 0.05) is 30.3 Å². The molecule has 7 nitrogen and oxygen atoms in total. The molecule has 1 N–H and O–H groups in total. The Morgan fingerprint density at radius 1 is 1.35 bits per heavy atom. The lowest BCUT2D eigenvalue weighted by molar-refractivity contribution is -0.385. The van der Waals surface area contributed by atoms with E-state index in [-0.39, 0.29) is 23.4 Å². The highest BCUT2D eigenvalue weighted by Gasteiger charge is 2.36. The van der Waals surface area contributed by atoms with E-state index in [0.717, 1.165) is 25.9 Å². The van der Waals surface area contributed by atoms with Gasteiger partial charge in [0.2, 0.25) is 0 Å². The highest BCUT2D eigenvalue weighted by Crippen LogP contribution is 2.29. The number of hydrogen-bond donors (Lipinski definition) is 1. The van der Waals surface area contributed by atoms with E-state index in [1.807, 2.05) is 0 Å². The van der Waals surface area contributed by atoms with Crippen molar-refractivity contribution in [3.8, 4) is 5.75 Å². The number of piperidine rings is 1. The van der Waals surface area contributed by atoms with Gasteiger partial charge in [-0.25, -0.2) is 0 Å². The van der Waals surface area contributed by atoms with Crippen LogP contribution in [0.5, 0.6) is 5.75 Å². The number of fused-ring (bicyclic) bond motifs is 1. The Morgan fingerprint density at radius 2 is 2.17 bits per heavy atom. The van der Waals surface area contributed by atoms with Crippen LogP contribution in [0.3, 0.4) is 0 Å². The van der Waals surface area contributed by atoms with E-state index in [9.17, 15) is 14.9 Å². The van der Waals surface area contributed by atoms with E-state index in [0.29, 0.717) is 11.6 Å². The van der Waals surface area contributed by atoms with E-state index >= 15 is 0 Å². The molecule has 7 heteroatoms. The van der Waals surface area contributed by atoms with Gasteiger partial charge in [0.25, 0.3) is 5.91 Å². The van der Waals surface area contributed by atoms with E-state index in [4.69, 9.17) is 4.74 Å². The van der Waals surface area contributed by atoms with Crippen molar-refractivity contribution in [1.29, 1.82) is 0 Å². The zero-order valence-electron chi connectivity index (χ0n) is 13.2. The van der Waals surface area contributed by atoms with Gasteiger partial charge in [-0.05, 0) is 37.9 Å². The standard InChI is InChI=1S/C16H21N3O4/c1-23-15-6-5-11(10-14(15)19(21)22)16(20)17-12-7-9-18-8-3-2-4-13(12)18/h5-6,10,12-13H,2-4,7-9H2,1H3,(H,17,20)/t12-,13+/m1/s1. The summed E-state index contributed by atoms with van der Waals surface area (Å²) in [6, 6.07) is 4.84. The summed E-state index contributed by atoms with van der Waals surface area (Å²) >= 11 is 0. The largest absolute Gasteiger partial charge is 0.490 e.